The van der Waals surface area contributed by atoms with Gasteiger partial charge in [-0.05, 0) is 54.5 Å². The Labute approximate surface area is 270 Å². The number of aromatic amines is 1. The summed E-state index contributed by atoms with van der Waals surface area (Å²) in [4.78, 5) is 68.2. The highest BCUT2D eigenvalue weighted by molar-refractivity contribution is 8.00. The number of carbonyl (C=O) groups excluding carboxylic acids is 3. The van der Waals surface area contributed by atoms with Crippen LogP contribution in [-0.4, -0.2) is 65.5 Å². The van der Waals surface area contributed by atoms with Crippen molar-refractivity contribution in [2.75, 3.05) is 18.5 Å². The molecule has 0 radical (unpaired) electrons. The van der Waals surface area contributed by atoms with Gasteiger partial charge in [-0.15, -0.1) is 11.8 Å². The lowest BCUT2D eigenvalue weighted by molar-refractivity contribution is -0.142. The molecule has 0 spiro atoms. The number of thiazole rings is 1. The zero-order valence-corrected chi connectivity index (χ0v) is 26.4. The van der Waals surface area contributed by atoms with Crippen molar-refractivity contribution in [2.45, 2.75) is 33.9 Å². The van der Waals surface area contributed by atoms with Gasteiger partial charge in [0.25, 0.3) is 5.91 Å². The minimum atomic E-state index is -3.88. The second-order valence-electron chi connectivity index (χ2n) is 11.9. The van der Waals surface area contributed by atoms with Crippen molar-refractivity contribution < 1.29 is 37.4 Å². The number of nitrogens with zero attached hydrogens (tertiary/aromatic N) is 1. The molecule has 2 bridgehead atoms. The number of anilines is 1. The number of sulfonamides is 1. The third kappa shape index (κ3) is 5.12. The van der Waals surface area contributed by atoms with E-state index in [0.29, 0.717) is 17.9 Å². The van der Waals surface area contributed by atoms with Gasteiger partial charge in [0.15, 0.2) is 6.61 Å². The molecule has 240 valence electrons. The van der Waals surface area contributed by atoms with Crippen molar-refractivity contribution in [2.24, 2.45) is 34.7 Å². The Morgan fingerprint density at radius 1 is 1.04 bits per heavy atom. The van der Waals surface area contributed by atoms with Gasteiger partial charge < -0.3 is 20.1 Å². The lowest BCUT2D eigenvalue weighted by Gasteiger charge is -2.43. The van der Waals surface area contributed by atoms with Gasteiger partial charge >= 0.3 is 10.8 Å². The number of amides is 3. The van der Waals surface area contributed by atoms with Gasteiger partial charge in [0.05, 0.1) is 28.2 Å². The SMILES string of the molecule is NS(=O)(=O)c1ccc(NC(=O)COc2ccccc2[C@H]2c3sc(=O)[nH]c3SC3C4CC(C5C(=O)N(CCC(=O)O)C(=O)C45)C32)cc1. The van der Waals surface area contributed by atoms with E-state index in [1.807, 2.05) is 12.1 Å². The largest absolute Gasteiger partial charge is 0.483 e. The number of carboxylic acids is 1. The van der Waals surface area contributed by atoms with E-state index in [-0.39, 0.29) is 70.1 Å². The molecule has 3 aromatic rings. The number of thioether (sulfide) groups is 1. The molecule has 16 heteroatoms. The van der Waals surface area contributed by atoms with E-state index in [1.54, 1.807) is 12.1 Å². The Bertz CT molecular complexity index is 1940. The van der Waals surface area contributed by atoms with Gasteiger partial charge in [-0.3, -0.25) is 28.9 Å². The summed E-state index contributed by atoms with van der Waals surface area (Å²) in [7, 11) is -3.88. The number of fused-ring (bicyclic) bond motifs is 9. The molecule has 2 aliphatic carbocycles. The molecule has 13 nitrogen and oxygen atoms in total. The number of rotatable bonds is 9. The van der Waals surface area contributed by atoms with Crippen LogP contribution in [0.5, 0.6) is 5.75 Å². The van der Waals surface area contributed by atoms with E-state index in [2.05, 4.69) is 10.3 Å². The van der Waals surface area contributed by atoms with Crippen molar-refractivity contribution in [3.8, 4) is 5.75 Å². The number of nitrogens with one attached hydrogen (secondary N) is 2. The van der Waals surface area contributed by atoms with E-state index in [1.165, 1.54) is 36.0 Å². The van der Waals surface area contributed by atoms with Gasteiger partial charge in [0.2, 0.25) is 21.8 Å². The summed E-state index contributed by atoms with van der Waals surface area (Å²) in [5, 5.41) is 17.6. The minimum absolute atomic E-state index is 0.0677. The Morgan fingerprint density at radius 2 is 1.74 bits per heavy atom. The topological polar surface area (TPSA) is 206 Å². The molecule has 7 rings (SSSR count). The van der Waals surface area contributed by atoms with E-state index in [4.69, 9.17) is 15.0 Å². The van der Waals surface area contributed by atoms with Crippen LogP contribution >= 0.6 is 23.1 Å². The number of H-pyrrole nitrogens is 1. The molecular formula is C30H28N4O9S3. The molecule has 4 aliphatic rings. The fraction of sp³-hybridized carbons (Fsp3) is 0.367. The Balaban J connectivity index is 1.16. The number of carboxylic acid groups (broad SMARTS) is 1. The van der Waals surface area contributed by atoms with Crippen LogP contribution in [0.4, 0.5) is 5.69 Å². The summed E-state index contributed by atoms with van der Waals surface area (Å²) < 4.78 is 29.1. The fourth-order valence-corrected chi connectivity index (χ4v) is 11.2. The van der Waals surface area contributed by atoms with Crippen LogP contribution < -0.4 is 20.1 Å². The highest BCUT2D eigenvalue weighted by Crippen LogP contribution is 2.69. The molecule has 1 aromatic heterocycles. The number of carbonyl (C=O) groups is 4. The maximum absolute atomic E-state index is 13.6. The van der Waals surface area contributed by atoms with Crippen molar-refractivity contribution in [1.82, 2.24) is 9.88 Å². The first-order chi connectivity index (χ1) is 21.9. The van der Waals surface area contributed by atoms with Gasteiger partial charge in [0.1, 0.15) is 5.75 Å². The van der Waals surface area contributed by atoms with Crippen LogP contribution in [0, 0.1) is 29.6 Å². The molecule has 2 saturated carbocycles. The van der Waals surface area contributed by atoms with E-state index >= 15 is 0 Å². The smallest absolute Gasteiger partial charge is 0.305 e. The summed E-state index contributed by atoms with van der Waals surface area (Å²) in [5.74, 6) is -3.56. The number of likely N-dealkylation sites (tertiary alicyclic amines) is 1. The van der Waals surface area contributed by atoms with Gasteiger partial charge in [0, 0.05) is 33.8 Å². The molecule has 2 aliphatic heterocycles. The number of hydrogen-bond donors (Lipinski definition) is 4. The third-order valence-electron chi connectivity index (χ3n) is 9.44. The zero-order chi connectivity index (χ0) is 32.5. The number of ether oxygens (including phenoxy) is 1. The zero-order valence-electron chi connectivity index (χ0n) is 24.0. The first-order valence-electron chi connectivity index (χ1n) is 14.5. The predicted molar refractivity (Wildman–Crippen MR) is 166 cm³/mol. The van der Waals surface area contributed by atoms with Crippen LogP contribution in [0.15, 0.2) is 63.2 Å². The average Bonchev–Trinajstić information content (AvgIpc) is 3.74. The van der Waals surface area contributed by atoms with Crippen LogP contribution in [0.25, 0.3) is 0 Å². The summed E-state index contributed by atoms with van der Waals surface area (Å²) >= 11 is 2.64. The Morgan fingerprint density at radius 3 is 2.43 bits per heavy atom. The first-order valence-corrected chi connectivity index (χ1v) is 17.8. The van der Waals surface area contributed by atoms with E-state index < -0.39 is 33.7 Å². The molecule has 3 heterocycles. The fourth-order valence-electron chi connectivity index (χ4n) is 7.79. The second kappa shape index (κ2) is 11.4. The number of imide groups is 1. The minimum Gasteiger partial charge on any atom is -0.483 e. The quantitative estimate of drug-likeness (QED) is 0.241. The molecule has 1 saturated heterocycles. The van der Waals surface area contributed by atoms with Crippen molar-refractivity contribution >= 4 is 62.5 Å². The maximum Gasteiger partial charge on any atom is 0.305 e. The number of aliphatic carboxylic acids is 1. The van der Waals surface area contributed by atoms with Crippen LogP contribution in [0.2, 0.25) is 0 Å². The van der Waals surface area contributed by atoms with Crippen LogP contribution in [0.3, 0.4) is 0 Å². The Kier molecular flexibility index (Phi) is 7.57. The second-order valence-corrected chi connectivity index (χ2v) is 15.6. The van der Waals surface area contributed by atoms with Crippen molar-refractivity contribution in [3.63, 3.8) is 0 Å². The van der Waals surface area contributed by atoms with E-state index in [0.717, 1.165) is 31.7 Å². The van der Waals surface area contributed by atoms with Crippen molar-refractivity contribution in [3.05, 3.63) is 68.6 Å². The van der Waals surface area contributed by atoms with Gasteiger partial charge in [-0.25, -0.2) is 13.6 Å². The normalized spacial score (nSPS) is 27.7. The lowest BCUT2D eigenvalue weighted by Crippen LogP contribution is -2.42. The molecule has 2 aromatic carbocycles. The lowest BCUT2D eigenvalue weighted by atomic mass is 9.68. The predicted octanol–water partition coefficient (Wildman–Crippen LogP) is 2.05. The number of hydrogen-bond acceptors (Lipinski definition) is 10. The summed E-state index contributed by atoms with van der Waals surface area (Å²) in [6.45, 7) is -0.511. The Hall–Kier alpha value is -3.99. The summed E-state index contributed by atoms with van der Waals surface area (Å²) in [6.07, 6.45) is 0.363. The average molecular weight is 685 g/mol. The standard InChI is InChI=1S/C30H28N4O9S3/c31-46(41,42)14-7-5-13(6-8-14)32-19(35)12-43-18-4-2-1-3-15(18)21-22-16-11-17(25(22)44-27-26(21)45-30(40)33-27)24-23(16)28(38)34(29(24)39)10-9-20(36)37/h1-8,16-17,21-25H,9-12H2,(H,32,35)(H,33,40)(H,36,37)(H2,31,41,42)/t16?,17?,21-,22?,23?,24?,25?/m1/s1. The van der Waals surface area contributed by atoms with E-state index in [9.17, 15) is 32.4 Å². The molecular weight excluding hydrogens is 657 g/mol. The third-order valence-corrected chi connectivity index (χ3v) is 13.0. The number of benzene rings is 2. The molecule has 7 atom stereocenters. The number of aromatic nitrogens is 1. The van der Waals surface area contributed by atoms with Gasteiger partial charge in [-0.2, -0.15) is 0 Å². The number of primary sulfonamides is 1. The highest BCUT2D eigenvalue weighted by atomic mass is 32.2. The monoisotopic (exact) mass is 684 g/mol. The molecule has 6 unspecified atom stereocenters. The molecule has 46 heavy (non-hydrogen) atoms. The first kappa shape index (κ1) is 30.7. The highest BCUT2D eigenvalue weighted by Gasteiger charge is 2.69. The maximum atomic E-state index is 13.6. The summed E-state index contributed by atoms with van der Waals surface area (Å²) in [6, 6.07) is 12.6. The summed E-state index contributed by atoms with van der Waals surface area (Å²) in [5.41, 5.74) is 1.11. The number of para-hydroxylation sites is 1. The van der Waals surface area contributed by atoms with Gasteiger partial charge in [-0.1, -0.05) is 29.5 Å². The van der Waals surface area contributed by atoms with Crippen LogP contribution in [-0.2, 0) is 29.2 Å². The molecule has 5 N–H and O–H groups in total. The molecule has 3 amide bonds. The van der Waals surface area contributed by atoms with Crippen molar-refractivity contribution in [1.29, 1.82) is 0 Å². The molecule has 3 fully saturated rings. The number of nitrogens with two attached hydrogens (primary N) is 1. The van der Waals surface area contributed by atoms with Crippen LogP contribution in [0.1, 0.15) is 29.2 Å².